The molecule has 0 saturated heterocycles. The van der Waals surface area contributed by atoms with Crippen molar-refractivity contribution in [2.45, 2.75) is 51.4 Å². The van der Waals surface area contributed by atoms with Crippen LogP contribution in [0.5, 0.6) is 5.75 Å². The summed E-state index contributed by atoms with van der Waals surface area (Å²) in [6.45, 7) is 0.593. The van der Waals surface area contributed by atoms with E-state index in [1.54, 1.807) is 0 Å². The van der Waals surface area contributed by atoms with Gasteiger partial charge in [0.15, 0.2) is 0 Å². The summed E-state index contributed by atoms with van der Waals surface area (Å²) in [5.74, 6) is 0.783. The van der Waals surface area contributed by atoms with E-state index in [1.807, 2.05) is 24.3 Å². The molecule has 1 aliphatic carbocycles. The van der Waals surface area contributed by atoms with Gasteiger partial charge < -0.3 is 20.9 Å². The van der Waals surface area contributed by atoms with Gasteiger partial charge in [0.1, 0.15) is 12.4 Å². The first-order valence-corrected chi connectivity index (χ1v) is 10.2. The number of carbonyl (C=O) groups excluding carboxylic acids is 1. The summed E-state index contributed by atoms with van der Waals surface area (Å²) in [5.41, 5.74) is 6.74. The molecule has 1 fully saturated rings. The van der Waals surface area contributed by atoms with Crippen LogP contribution in [0, 0.1) is 5.41 Å². The predicted molar refractivity (Wildman–Crippen MR) is 109 cm³/mol. The third kappa shape index (κ3) is 6.60. The SMILES string of the molecule is NC/C(=C\F)COc1ccc(CCCC2(C(=O)NCCO)CCCCC2)cc1. The molecule has 4 N–H and O–H groups in total. The Morgan fingerprint density at radius 3 is 2.57 bits per heavy atom. The molecule has 0 aliphatic heterocycles. The molecule has 0 heterocycles. The van der Waals surface area contributed by atoms with Gasteiger partial charge in [-0.25, -0.2) is 4.39 Å². The van der Waals surface area contributed by atoms with E-state index < -0.39 is 0 Å². The van der Waals surface area contributed by atoms with Crippen LogP contribution in [0.15, 0.2) is 36.2 Å². The number of rotatable bonds is 11. The third-order valence-corrected chi connectivity index (χ3v) is 5.57. The second-order valence-electron chi connectivity index (χ2n) is 7.58. The van der Waals surface area contributed by atoms with Crippen molar-refractivity contribution >= 4 is 5.91 Å². The fraction of sp³-hybridized carbons (Fsp3) is 0.591. The predicted octanol–water partition coefficient (Wildman–Crippen LogP) is 3.26. The second kappa shape index (κ2) is 11.8. The summed E-state index contributed by atoms with van der Waals surface area (Å²) in [6.07, 6.45) is 8.44. The Labute approximate surface area is 167 Å². The molecule has 1 saturated carbocycles. The quantitative estimate of drug-likeness (QED) is 0.540. The van der Waals surface area contributed by atoms with Crippen molar-refractivity contribution in [3.63, 3.8) is 0 Å². The molecular formula is C22H33FN2O3. The highest BCUT2D eigenvalue weighted by molar-refractivity contribution is 5.82. The Hall–Kier alpha value is -1.92. The molecule has 1 aliphatic rings. The number of nitrogens with one attached hydrogen (secondary N) is 1. The highest BCUT2D eigenvalue weighted by Crippen LogP contribution is 2.40. The molecule has 1 aromatic carbocycles. The Kier molecular flexibility index (Phi) is 9.44. The molecule has 0 aromatic heterocycles. The van der Waals surface area contributed by atoms with E-state index in [1.165, 1.54) is 12.0 Å². The van der Waals surface area contributed by atoms with Gasteiger partial charge in [-0.05, 0) is 49.8 Å². The lowest BCUT2D eigenvalue weighted by Crippen LogP contribution is -2.43. The van der Waals surface area contributed by atoms with Crippen LogP contribution in [0.4, 0.5) is 4.39 Å². The van der Waals surface area contributed by atoms with E-state index in [2.05, 4.69) is 5.32 Å². The Morgan fingerprint density at radius 1 is 1.25 bits per heavy atom. The largest absolute Gasteiger partial charge is 0.489 e. The minimum atomic E-state index is -0.284. The number of carbonyl (C=O) groups is 1. The highest BCUT2D eigenvalue weighted by Gasteiger charge is 2.38. The summed E-state index contributed by atoms with van der Waals surface area (Å²) in [5, 5.41) is 11.9. The van der Waals surface area contributed by atoms with Gasteiger partial charge in [-0.15, -0.1) is 0 Å². The van der Waals surface area contributed by atoms with E-state index in [0.717, 1.165) is 44.9 Å². The molecule has 0 radical (unpaired) electrons. The van der Waals surface area contributed by atoms with Crippen LogP contribution < -0.4 is 15.8 Å². The molecular weight excluding hydrogens is 359 g/mol. The lowest BCUT2D eigenvalue weighted by atomic mass is 9.70. The number of nitrogens with two attached hydrogens (primary N) is 1. The van der Waals surface area contributed by atoms with E-state index in [0.29, 0.717) is 24.2 Å². The van der Waals surface area contributed by atoms with Crippen molar-refractivity contribution in [2.75, 3.05) is 26.3 Å². The Balaban J connectivity index is 1.85. The highest BCUT2D eigenvalue weighted by atomic mass is 19.1. The first-order valence-electron chi connectivity index (χ1n) is 10.2. The van der Waals surface area contributed by atoms with Gasteiger partial charge >= 0.3 is 0 Å². The van der Waals surface area contributed by atoms with Crippen molar-refractivity contribution in [1.82, 2.24) is 5.32 Å². The third-order valence-electron chi connectivity index (χ3n) is 5.57. The topological polar surface area (TPSA) is 84.6 Å². The number of hydrogen-bond acceptors (Lipinski definition) is 4. The van der Waals surface area contributed by atoms with Gasteiger partial charge in [-0.2, -0.15) is 0 Å². The lowest BCUT2D eigenvalue weighted by molar-refractivity contribution is -0.133. The molecule has 0 spiro atoms. The van der Waals surface area contributed by atoms with Crippen molar-refractivity contribution in [1.29, 1.82) is 0 Å². The average molecular weight is 393 g/mol. The van der Waals surface area contributed by atoms with Crippen LogP contribution >= 0.6 is 0 Å². The number of aliphatic hydroxyl groups is 1. The van der Waals surface area contributed by atoms with Gasteiger partial charge in [0.25, 0.3) is 0 Å². The number of benzene rings is 1. The van der Waals surface area contributed by atoms with Crippen LogP contribution in [-0.2, 0) is 11.2 Å². The van der Waals surface area contributed by atoms with Gasteiger partial charge in [0.05, 0.1) is 12.9 Å². The van der Waals surface area contributed by atoms with E-state index in [-0.39, 0.29) is 31.1 Å². The monoisotopic (exact) mass is 392 g/mol. The average Bonchev–Trinajstić information content (AvgIpc) is 2.74. The standard InChI is InChI=1S/C22H33FN2O3/c23-15-19(16-24)17-28-20-8-6-18(7-9-20)5-4-12-22(10-2-1-3-11-22)21(27)25-13-14-26/h6-9,15,26H,1-5,10-14,16-17,24H2,(H,25,27)/b19-15+. The first kappa shape index (κ1) is 22.4. The number of ether oxygens (including phenoxy) is 1. The van der Waals surface area contributed by atoms with Crippen molar-refractivity contribution in [3.8, 4) is 5.75 Å². The van der Waals surface area contributed by atoms with Gasteiger partial charge in [-0.1, -0.05) is 31.4 Å². The van der Waals surface area contributed by atoms with Crippen LogP contribution in [0.2, 0.25) is 0 Å². The summed E-state index contributed by atoms with van der Waals surface area (Å²) in [4.78, 5) is 12.7. The minimum Gasteiger partial charge on any atom is -0.489 e. The van der Waals surface area contributed by atoms with E-state index in [4.69, 9.17) is 15.6 Å². The van der Waals surface area contributed by atoms with Gasteiger partial charge in [0, 0.05) is 24.1 Å². The Morgan fingerprint density at radius 2 is 1.96 bits per heavy atom. The summed E-state index contributed by atoms with van der Waals surface area (Å²) in [6, 6.07) is 7.78. The summed E-state index contributed by atoms with van der Waals surface area (Å²) in [7, 11) is 0. The minimum absolute atomic E-state index is 0.0237. The van der Waals surface area contributed by atoms with Crippen molar-refractivity contribution < 1.29 is 19.0 Å². The molecule has 1 amide bonds. The maximum atomic E-state index is 12.7. The van der Waals surface area contributed by atoms with Crippen molar-refractivity contribution in [2.24, 2.45) is 11.1 Å². The zero-order valence-corrected chi connectivity index (χ0v) is 16.6. The fourth-order valence-electron chi connectivity index (χ4n) is 3.87. The van der Waals surface area contributed by atoms with Crippen LogP contribution in [0.25, 0.3) is 0 Å². The number of halogens is 1. The lowest BCUT2D eigenvalue weighted by Gasteiger charge is -2.36. The molecule has 6 heteroatoms. The molecule has 0 atom stereocenters. The van der Waals surface area contributed by atoms with Crippen LogP contribution in [0.1, 0.15) is 50.5 Å². The smallest absolute Gasteiger partial charge is 0.226 e. The second-order valence-corrected chi connectivity index (χ2v) is 7.58. The molecule has 28 heavy (non-hydrogen) atoms. The zero-order valence-electron chi connectivity index (χ0n) is 16.6. The maximum absolute atomic E-state index is 12.7. The molecule has 156 valence electrons. The number of aryl methyl sites for hydroxylation is 1. The van der Waals surface area contributed by atoms with Gasteiger partial charge in [0.2, 0.25) is 5.91 Å². The zero-order chi connectivity index (χ0) is 20.2. The summed E-state index contributed by atoms with van der Waals surface area (Å²) < 4.78 is 18.0. The molecule has 0 unspecified atom stereocenters. The summed E-state index contributed by atoms with van der Waals surface area (Å²) >= 11 is 0. The first-order chi connectivity index (χ1) is 13.6. The van der Waals surface area contributed by atoms with E-state index in [9.17, 15) is 9.18 Å². The molecule has 5 nitrogen and oxygen atoms in total. The number of amides is 1. The normalized spacial score (nSPS) is 16.6. The molecule has 2 rings (SSSR count). The fourth-order valence-corrected chi connectivity index (χ4v) is 3.87. The van der Waals surface area contributed by atoms with Crippen LogP contribution in [0.3, 0.4) is 0 Å². The van der Waals surface area contributed by atoms with Crippen molar-refractivity contribution in [3.05, 3.63) is 41.7 Å². The number of aliphatic hydroxyl groups excluding tert-OH is 1. The maximum Gasteiger partial charge on any atom is 0.226 e. The van der Waals surface area contributed by atoms with E-state index >= 15 is 0 Å². The number of hydrogen-bond donors (Lipinski definition) is 3. The Bertz CT molecular complexity index is 625. The van der Waals surface area contributed by atoms with Gasteiger partial charge in [-0.3, -0.25) is 4.79 Å². The van der Waals surface area contributed by atoms with Crippen LogP contribution in [-0.4, -0.2) is 37.3 Å². The molecule has 1 aromatic rings. The molecule has 0 bridgehead atoms.